The summed E-state index contributed by atoms with van der Waals surface area (Å²) in [6.45, 7) is -0.766. The number of hydrogen-bond donors (Lipinski definition) is 4. The number of nitrogens with one attached hydrogen (secondary N) is 2. The Hall–Kier alpha value is -2.68. The minimum atomic E-state index is -1.45. The van der Waals surface area contributed by atoms with Gasteiger partial charge < -0.3 is 20.8 Å². The summed E-state index contributed by atoms with van der Waals surface area (Å²) in [5, 5.41) is 32.1. The number of carbonyl (C=O) groups is 2. The van der Waals surface area contributed by atoms with Crippen LogP contribution in [0.5, 0.6) is 0 Å². The number of aliphatic carboxylic acids is 1. The summed E-state index contributed by atoms with van der Waals surface area (Å²) in [4.78, 5) is 31.9. The number of non-ortho nitro benzene ring substituents is 1. The van der Waals surface area contributed by atoms with Gasteiger partial charge in [-0.25, -0.2) is 9.59 Å². The average molecular weight is 269 g/mol. The molecule has 9 nitrogen and oxygen atoms in total. The molecule has 9 heteroatoms. The first-order valence-electron chi connectivity index (χ1n) is 5.09. The monoisotopic (exact) mass is 269 g/mol. The van der Waals surface area contributed by atoms with E-state index in [0.717, 1.165) is 6.07 Å². The molecule has 0 saturated heterocycles. The number of nitro benzene ring substituents is 1. The molecule has 0 spiro atoms. The van der Waals surface area contributed by atoms with Crippen LogP contribution in [0.4, 0.5) is 16.2 Å². The molecule has 19 heavy (non-hydrogen) atoms. The van der Waals surface area contributed by atoms with Gasteiger partial charge in [0.15, 0.2) is 6.04 Å². The molecule has 1 atom stereocenters. The van der Waals surface area contributed by atoms with Crippen LogP contribution in [-0.4, -0.2) is 39.8 Å². The van der Waals surface area contributed by atoms with Gasteiger partial charge in [-0.2, -0.15) is 0 Å². The second kappa shape index (κ2) is 6.31. The zero-order chi connectivity index (χ0) is 14.4. The smallest absolute Gasteiger partial charge is 0.328 e. The highest BCUT2D eigenvalue weighted by Gasteiger charge is 2.18. The van der Waals surface area contributed by atoms with Crippen molar-refractivity contribution in [3.8, 4) is 0 Å². The molecule has 102 valence electrons. The number of anilines is 1. The highest BCUT2D eigenvalue weighted by atomic mass is 16.6. The molecular formula is C10H11N3O6. The molecule has 4 N–H and O–H groups in total. The minimum absolute atomic E-state index is 0.133. The van der Waals surface area contributed by atoms with Crippen molar-refractivity contribution < 1.29 is 24.7 Å². The van der Waals surface area contributed by atoms with Crippen molar-refractivity contribution in [2.75, 3.05) is 11.9 Å². The lowest BCUT2D eigenvalue weighted by Gasteiger charge is -2.12. The van der Waals surface area contributed by atoms with E-state index < -0.39 is 29.6 Å². The molecule has 0 aliphatic rings. The molecule has 0 aliphatic heterocycles. The van der Waals surface area contributed by atoms with E-state index >= 15 is 0 Å². The third-order valence-electron chi connectivity index (χ3n) is 2.10. The van der Waals surface area contributed by atoms with Crippen LogP contribution in [0.15, 0.2) is 24.3 Å². The Morgan fingerprint density at radius 1 is 1.42 bits per heavy atom. The van der Waals surface area contributed by atoms with Crippen LogP contribution in [0.25, 0.3) is 0 Å². The van der Waals surface area contributed by atoms with Gasteiger partial charge in [0.1, 0.15) is 0 Å². The Morgan fingerprint density at radius 3 is 2.63 bits per heavy atom. The maximum absolute atomic E-state index is 11.4. The molecule has 0 bridgehead atoms. The van der Waals surface area contributed by atoms with Gasteiger partial charge in [-0.15, -0.1) is 0 Å². The summed E-state index contributed by atoms with van der Waals surface area (Å²) in [7, 11) is 0. The number of urea groups is 1. The first-order chi connectivity index (χ1) is 8.93. The summed E-state index contributed by atoms with van der Waals surface area (Å²) < 4.78 is 0. The predicted molar refractivity (Wildman–Crippen MR) is 63.8 cm³/mol. The third-order valence-corrected chi connectivity index (χ3v) is 2.10. The van der Waals surface area contributed by atoms with Crippen molar-refractivity contribution in [3.63, 3.8) is 0 Å². The Bertz CT molecular complexity index is 504. The topological polar surface area (TPSA) is 142 Å². The number of carboxylic acid groups (broad SMARTS) is 1. The second-order valence-corrected chi connectivity index (χ2v) is 3.48. The Kier molecular flexibility index (Phi) is 4.77. The van der Waals surface area contributed by atoms with Crippen molar-refractivity contribution in [2.45, 2.75) is 6.04 Å². The number of aliphatic hydroxyl groups is 1. The van der Waals surface area contributed by atoms with E-state index in [9.17, 15) is 19.7 Å². The van der Waals surface area contributed by atoms with Crippen LogP contribution in [0.1, 0.15) is 0 Å². The van der Waals surface area contributed by atoms with E-state index in [1.54, 1.807) is 0 Å². The van der Waals surface area contributed by atoms with E-state index in [2.05, 4.69) is 5.32 Å². The van der Waals surface area contributed by atoms with Gasteiger partial charge in [-0.05, 0) is 6.07 Å². The van der Waals surface area contributed by atoms with Crippen molar-refractivity contribution in [1.82, 2.24) is 5.32 Å². The van der Waals surface area contributed by atoms with Crippen molar-refractivity contribution >= 4 is 23.4 Å². The quantitative estimate of drug-likeness (QED) is 0.443. The molecule has 0 heterocycles. The molecule has 1 aromatic carbocycles. The molecule has 0 aliphatic carbocycles. The molecular weight excluding hydrogens is 258 g/mol. The van der Waals surface area contributed by atoms with E-state index in [1.807, 2.05) is 5.32 Å². The zero-order valence-electron chi connectivity index (χ0n) is 9.57. The van der Waals surface area contributed by atoms with Crippen molar-refractivity contribution in [1.29, 1.82) is 0 Å². The van der Waals surface area contributed by atoms with Crippen LogP contribution >= 0.6 is 0 Å². The van der Waals surface area contributed by atoms with Gasteiger partial charge in [-0.1, -0.05) is 6.07 Å². The van der Waals surface area contributed by atoms with Gasteiger partial charge in [0, 0.05) is 17.8 Å². The number of amides is 2. The number of carbonyl (C=O) groups excluding carboxylic acids is 1. The summed E-state index contributed by atoms with van der Waals surface area (Å²) in [6.07, 6.45) is 0. The lowest BCUT2D eigenvalue weighted by molar-refractivity contribution is -0.384. The van der Waals surface area contributed by atoms with E-state index in [-0.39, 0.29) is 11.4 Å². The molecule has 0 unspecified atom stereocenters. The molecule has 0 aromatic heterocycles. The Morgan fingerprint density at radius 2 is 2.11 bits per heavy atom. The van der Waals surface area contributed by atoms with Crippen molar-refractivity contribution in [2.24, 2.45) is 0 Å². The molecule has 0 saturated carbocycles. The molecule has 2 amide bonds. The average Bonchev–Trinajstić information content (AvgIpc) is 2.35. The number of benzene rings is 1. The van der Waals surface area contributed by atoms with Crippen LogP contribution < -0.4 is 10.6 Å². The van der Waals surface area contributed by atoms with Crippen LogP contribution in [0.3, 0.4) is 0 Å². The lowest BCUT2D eigenvalue weighted by atomic mass is 10.3. The highest BCUT2D eigenvalue weighted by Crippen LogP contribution is 2.16. The number of hydrogen-bond acceptors (Lipinski definition) is 5. The molecule has 1 aromatic rings. The van der Waals surface area contributed by atoms with Crippen LogP contribution in [0.2, 0.25) is 0 Å². The Balaban J connectivity index is 2.69. The summed E-state index contributed by atoms with van der Waals surface area (Å²) >= 11 is 0. The molecule has 0 radical (unpaired) electrons. The number of aliphatic hydroxyl groups excluding tert-OH is 1. The van der Waals surface area contributed by atoms with Crippen molar-refractivity contribution in [3.05, 3.63) is 34.4 Å². The molecule has 0 fully saturated rings. The lowest BCUT2D eigenvalue weighted by Crippen LogP contribution is -2.45. The predicted octanol–water partition coefficient (Wildman–Crippen LogP) is 0.162. The zero-order valence-corrected chi connectivity index (χ0v) is 9.57. The fourth-order valence-corrected chi connectivity index (χ4v) is 1.21. The normalized spacial score (nSPS) is 11.4. The maximum Gasteiger partial charge on any atom is 0.328 e. The summed E-state index contributed by atoms with van der Waals surface area (Å²) in [6, 6.07) is 2.81. The first kappa shape index (κ1) is 14.4. The molecule has 1 rings (SSSR count). The minimum Gasteiger partial charge on any atom is -0.480 e. The standard InChI is InChI=1S/C10H11N3O6/c14-5-8(9(15)16)12-10(17)11-6-2-1-3-7(4-6)13(18)19/h1-4,8,14H,5H2,(H,15,16)(H2,11,12,17)/t8-/m1/s1. The number of rotatable bonds is 5. The maximum atomic E-state index is 11.4. The van der Waals surface area contributed by atoms with Gasteiger partial charge in [0.2, 0.25) is 0 Å². The van der Waals surface area contributed by atoms with Gasteiger partial charge in [0.05, 0.1) is 11.5 Å². The highest BCUT2D eigenvalue weighted by molar-refractivity contribution is 5.92. The van der Waals surface area contributed by atoms with Gasteiger partial charge in [-0.3, -0.25) is 10.1 Å². The van der Waals surface area contributed by atoms with E-state index in [1.165, 1.54) is 18.2 Å². The fraction of sp³-hybridized carbons (Fsp3) is 0.200. The number of carboxylic acids is 1. The number of nitro groups is 1. The largest absolute Gasteiger partial charge is 0.480 e. The summed E-state index contributed by atoms with van der Waals surface area (Å²) in [5.74, 6) is -1.39. The van der Waals surface area contributed by atoms with E-state index in [4.69, 9.17) is 10.2 Å². The van der Waals surface area contributed by atoms with Gasteiger partial charge in [0.25, 0.3) is 5.69 Å². The third kappa shape index (κ3) is 4.24. The van der Waals surface area contributed by atoms with E-state index in [0.29, 0.717) is 0 Å². The Labute approximate surface area is 107 Å². The fourth-order valence-electron chi connectivity index (χ4n) is 1.21. The van der Waals surface area contributed by atoms with Gasteiger partial charge >= 0.3 is 12.0 Å². The number of nitrogens with zero attached hydrogens (tertiary/aromatic N) is 1. The van der Waals surface area contributed by atoms with Crippen LogP contribution in [-0.2, 0) is 4.79 Å². The van der Waals surface area contributed by atoms with Crippen LogP contribution in [0, 0.1) is 10.1 Å². The first-order valence-corrected chi connectivity index (χ1v) is 5.09. The summed E-state index contributed by atoms with van der Waals surface area (Å²) in [5.41, 5.74) is -0.0801. The second-order valence-electron chi connectivity index (χ2n) is 3.48. The SMILES string of the molecule is O=C(Nc1cccc([N+](=O)[O-])c1)N[C@H](CO)C(=O)O.